The van der Waals surface area contributed by atoms with Crippen LogP contribution in [0, 0.1) is 17.7 Å². The number of piperazine rings is 1. The number of hydrogen-bond acceptors (Lipinski definition) is 4. The maximum atomic E-state index is 13.8. The zero-order valence-corrected chi connectivity index (χ0v) is 13.3. The number of nitrogens with zero attached hydrogens (tertiary/aromatic N) is 2. The summed E-state index contributed by atoms with van der Waals surface area (Å²) in [6, 6.07) is 5.05. The lowest BCUT2D eigenvalue weighted by atomic mass is 10.1. The van der Waals surface area contributed by atoms with Crippen LogP contribution in [0.2, 0.25) is 0 Å². The highest BCUT2D eigenvalue weighted by Gasteiger charge is 2.51. The van der Waals surface area contributed by atoms with Crippen molar-refractivity contribution in [2.45, 2.75) is 12.5 Å². The molecule has 3 fully saturated rings. The third kappa shape index (κ3) is 2.65. The Balaban J connectivity index is 1.37. The highest BCUT2D eigenvalue weighted by Crippen LogP contribution is 2.45. The van der Waals surface area contributed by atoms with Crippen molar-refractivity contribution in [2.75, 3.05) is 44.7 Å². The maximum absolute atomic E-state index is 13.8. The lowest BCUT2D eigenvalue weighted by Crippen LogP contribution is -2.54. The standard InChI is InChI=1S/C17H22FN3O2/c1-23-15-3-2-12(9-14(15)18)20-4-6-21(7-5-20)17(22)16-13-8-11(13)10-19-16/h2-3,9,11,13,16,19H,4-8,10H2,1H3/t11-,13-,16+/m0/s1. The molecule has 2 aliphatic heterocycles. The predicted molar refractivity (Wildman–Crippen MR) is 85.1 cm³/mol. The molecule has 1 aromatic carbocycles. The molecule has 5 nitrogen and oxygen atoms in total. The first kappa shape index (κ1) is 14.8. The van der Waals surface area contributed by atoms with Crippen LogP contribution in [0.25, 0.3) is 0 Å². The summed E-state index contributed by atoms with van der Waals surface area (Å²) in [6.45, 7) is 3.85. The van der Waals surface area contributed by atoms with Crippen LogP contribution in [0.15, 0.2) is 18.2 Å². The van der Waals surface area contributed by atoms with Crippen molar-refractivity contribution in [3.05, 3.63) is 24.0 Å². The number of piperidine rings is 1. The van der Waals surface area contributed by atoms with E-state index in [-0.39, 0.29) is 23.5 Å². The number of carbonyl (C=O) groups is 1. The fraction of sp³-hybridized carbons (Fsp3) is 0.588. The minimum Gasteiger partial charge on any atom is -0.494 e. The van der Waals surface area contributed by atoms with E-state index in [9.17, 15) is 9.18 Å². The minimum absolute atomic E-state index is 0.0324. The number of nitrogens with one attached hydrogen (secondary N) is 1. The van der Waals surface area contributed by atoms with Gasteiger partial charge < -0.3 is 19.9 Å². The number of anilines is 1. The van der Waals surface area contributed by atoms with Gasteiger partial charge in [0.1, 0.15) is 0 Å². The number of hydrogen-bond donors (Lipinski definition) is 1. The molecule has 23 heavy (non-hydrogen) atoms. The summed E-state index contributed by atoms with van der Waals surface area (Å²) >= 11 is 0. The molecule has 0 unspecified atom stereocenters. The van der Waals surface area contributed by atoms with Crippen molar-refractivity contribution in [2.24, 2.45) is 11.8 Å². The predicted octanol–water partition coefficient (Wildman–Crippen LogP) is 1.09. The van der Waals surface area contributed by atoms with Gasteiger partial charge in [-0.05, 0) is 36.9 Å². The van der Waals surface area contributed by atoms with E-state index in [1.807, 2.05) is 11.0 Å². The Kier molecular flexibility index (Phi) is 3.64. The molecule has 0 bridgehead atoms. The Morgan fingerprint density at radius 1 is 1.30 bits per heavy atom. The van der Waals surface area contributed by atoms with Gasteiger partial charge in [-0.25, -0.2) is 4.39 Å². The van der Waals surface area contributed by atoms with E-state index in [1.54, 1.807) is 6.07 Å². The largest absolute Gasteiger partial charge is 0.494 e. The molecule has 0 aromatic heterocycles. The lowest BCUT2D eigenvalue weighted by Gasteiger charge is -2.37. The number of ether oxygens (including phenoxy) is 1. The summed E-state index contributed by atoms with van der Waals surface area (Å²) in [4.78, 5) is 16.7. The van der Waals surface area contributed by atoms with Gasteiger partial charge in [-0.3, -0.25) is 4.79 Å². The zero-order valence-electron chi connectivity index (χ0n) is 13.3. The lowest BCUT2D eigenvalue weighted by molar-refractivity contribution is -0.133. The van der Waals surface area contributed by atoms with Gasteiger partial charge in [-0.15, -0.1) is 0 Å². The molecular formula is C17H22FN3O2. The van der Waals surface area contributed by atoms with Crippen LogP contribution in [0.1, 0.15) is 6.42 Å². The Labute approximate surface area is 135 Å². The van der Waals surface area contributed by atoms with Crippen LogP contribution in [0.3, 0.4) is 0 Å². The van der Waals surface area contributed by atoms with Crippen LogP contribution in [-0.4, -0.2) is 56.7 Å². The second kappa shape index (κ2) is 5.67. The third-order valence-electron chi connectivity index (χ3n) is 5.36. The molecule has 2 heterocycles. The fourth-order valence-electron chi connectivity index (χ4n) is 3.85. The first-order chi connectivity index (χ1) is 11.2. The normalized spacial score (nSPS) is 29.4. The summed E-state index contributed by atoms with van der Waals surface area (Å²) in [5.41, 5.74) is 0.844. The van der Waals surface area contributed by atoms with E-state index in [0.717, 1.165) is 31.2 Å². The summed E-state index contributed by atoms with van der Waals surface area (Å²) in [5.74, 6) is 1.45. The third-order valence-corrected chi connectivity index (χ3v) is 5.36. The monoisotopic (exact) mass is 319 g/mol. The Morgan fingerprint density at radius 3 is 2.65 bits per heavy atom. The Bertz CT molecular complexity index is 616. The molecule has 1 aliphatic carbocycles. The highest BCUT2D eigenvalue weighted by atomic mass is 19.1. The summed E-state index contributed by atoms with van der Waals surface area (Å²) in [6.07, 6.45) is 1.20. The topological polar surface area (TPSA) is 44.8 Å². The SMILES string of the molecule is COc1ccc(N2CCN(C(=O)[C@@H]3NC[C@@H]4C[C@@H]43)CC2)cc1F. The van der Waals surface area contributed by atoms with Gasteiger partial charge in [-0.2, -0.15) is 0 Å². The van der Waals surface area contributed by atoms with Gasteiger partial charge in [0.05, 0.1) is 13.2 Å². The van der Waals surface area contributed by atoms with Gasteiger partial charge in [0.2, 0.25) is 5.91 Å². The number of amides is 1. The Morgan fingerprint density at radius 2 is 2.09 bits per heavy atom. The van der Waals surface area contributed by atoms with Crippen molar-refractivity contribution < 1.29 is 13.9 Å². The number of rotatable bonds is 3. The molecular weight excluding hydrogens is 297 g/mol. The first-order valence-electron chi connectivity index (χ1n) is 8.28. The van der Waals surface area contributed by atoms with Crippen molar-refractivity contribution in [1.29, 1.82) is 0 Å². The van der Waals surface area contributed by atoms with Gasteiger partial charge >= 0.3 is 0 Å². The van der Waals surface area contributed by atoms with E-state index in [1.165, 1.54) is 19.6 Å². The van der Waals surface area contributed by atoms with Crippen molar-refractivity contribution in [3.63, 3.8) is 0 Å². The van der Waals surface area contributed by atoms with Crippen LogP contribution in [0.4, 0.5) is 10.1 Å². The van der Waals surface area contributed by atoms with Crippen LogP contribution >= 0.6 is 0 Å². The molecule has 0 radical (unpaired) electrons. The molecule has 1 aromatic rings. The van der Waals surface area contributed by atoms with Gasteiger partial charge in [0, 0.05) is 37.9 Å². The summed E-state index contributed by atoms with van der Waals surface area (Å²) in [7, 11) is 1.46. The second-order valence-electron chi connectivity index (χ2n) is 6.68. The fourth-order valence-corrected chi connectivity index (χ4v) is 3.85. The summed E-state index contributed by atoms with van der Waals surface area (Å²) < 4.78 is 18.8. The van der Waals surface area contributed by atoms with Crippen LogP contribution < -0.4 is 15.0 Å². The van der Waals surface area contributed by atoms with Crippen molar-refractivity contribution in [1.82, 2.24) is 10.2 Å². The smallest absolute Gasteiger partial charge is 0.240 e. The summed E-state index contributed by atoms with van der Waals surface area (Å²) in [5, 5.41) is 3.35. The molecule has 3 aliphatic rings. The number of benzene rings is 1. The first-order valence-corrected chi connectivity index (χ1v) is 8.28. The number of fused-ring (bicyclic) bond motifs is 1. The number of methoxy groups -OCH3 is 1. The average molecular weight is 319 g/mol. The van der Waals surface area contributed by atoms with Gasteiger partial charge in [0.15, 0.2) is 11.6 Å². The second-order valence-corrected chi connectivity index (χ2v) is 6.68. The van der Waals surface area contributed by atoms with Crippen LogP contribution in [0.5, 0.6) is 5.75 Å². The number of halogens is 1. The van der Waals surface area contributed by atoms with E-state index < -0.39 is 0 Å². The molecule has 2 saturated heterocycles. The molecule has 6 heteroatoms. The maximum Gasteiger partial charge on any atom is 0.240 e. The van der Waals surface area contributed by atoms with Gasteiger partial charge in [-0.1, -0.05) is 0 Å². The van der Waals surface area contributed by atoms with E-state index in [0.29, 0.717) is 19.0 Å². The van der Waals surface area contributed by atoms with E-state index in [2.05, 4.69) is 10.2 Å². The number of carbonyl (C=O) groups excluding carboxylic acids is 1. The van der Waals surface area contributed by atoms with Gasteiger partial charge in [0.25, 0.3) is 0 Å². The van der Waals surface area contributed by atoms with Crippen molar-refractivity contribution in [3.8, 4) is 5.75 Å². The molecule has 1 amide bonds. The van der Waals surface area contributed by atoms with Crippen LogP contribution in [-0.2, 0) is 4.79 Å². The Hall–Kier alpha value is -1.82. The molecule has 1 N–H and O–H groups in total. The molecule has 4 rings (SSSR count). The molecule has 3 atom stereocenters. The molecule has 124 valence electrons. The molecule has 1 saturated carbocycles. The molecule has 0 spiro atoms. The average Bonchev–Trinajstić information content (AvgIpc) is 3.24. The zero-order chi connectivity index (χ0) is 16.0. The van der Waals surface area contributed by atoms with Crippen molar-refractivity contribution >= 4 is 11.6 Å². The van der Waals surface area contributed by atoms with E-state index in [4.69, 9.17) is 4.74 Å². The van der Waals surface area contributed by atoms with E-state index >= 15 is 0 Å². The minimum atomic E-state index is -0.349. The highest BCUT2D eigenvalue weighted by molar-refractivity contribution is 5.83. The quantitative estimate of drug-likeness (QED) is 0.906.